The van der Waals surface area contributed by atoms with Crippen molar-refractivity contribution in [3.8, 4) is 6.07 Å². The third-order valence-electron chi connectivity index (χ3n) is 3.21. The first-order valence-corrected chi connectivity index (χ1v) is 6.33. The molecule has 1 aliphatic heterocycles. The van der Waals surface area contributed by atoms with Crippen LogP contribution in [0.4, 0.5) is 11.4 Å². The first-order valence-electron chi connectivity index (χ1n) is 6.33. The van der Waals surface area contributed by atoms with Crippen molar-refractivity contribution >= 4 is 17.3 Å². The van der Waals surface area contributed by atoms with Gasteiger partial charge in [0.15, 0.2) is 6.10 Å². The van der Waals surface area contributed by atoms with Crippen LogP contribution >= 0.6 is 0 Å². The Bertz CT molecular complexity index is 611. The van der Waals surface area contributed by atoms with E-state index in [1.54, 1.807) is 4.90 Å². The predicted molar refractivity (Wildman–Crippen MR) is 74.1 cm³/mol. The Morgan fingerprint density at radius 1 is 1.62 bits per heavy atom. The van der Waals surface area contributed by atoms with Gasteiger partial charge in [0.05, 0.1) is 24.1 Å². The van der Waals surface area contributed by atoms with E-state index in [2.05, 4.69) is 5.32 Å². The molecule has 0 aliphatic carbocycles. The summed E-state index contributed by atoms with van der Waals surface area (Å²) in [6.45, 7) is 0.963. The fourth-order valence-corrected chi connectivity index (χ4v) is 2.16. The predicted octanol–water partition coefficient (Wildman–Crippen LogP) is 0.683. The van der Waals surface area contributed by atoms with Crippen LogP contribution in [0.2, 0.25) is 0 Å². The van der Waals surface area contributed by atoms with E-state index in [4.69, 9.17) is 10.00 Å². The number of anilines is 1. The number of nitro groups is 1. The molecule has 1 aromatic rings. The molecule has 1 N–H and O–H groups in total. The first-order chi connectivity index (χ1) is 10.1. The Hall–Kier alpha value is -2.66. The van der Waals surface area contributed by atoms with E-state index >= 15 is 0 Å². The largest absolute Gasteiger partial charge is 0.360 e. The molecule has 8 heteroatoms. The number of benzene rings is 1. The molecule has 0 spiro atoms. The van der Waals surface area contributed by atoms with Gasteiger partial charge >= 0.3 is 0 Å². The average Bonchev–Trinajstić information content (AvgIpc) is 2.53. The fourth-order valence-electron chi connectivity index (χ4n) is 2.16. The second-order valence-electron chi connectivity index (χ2n) is 4.47. The molecular weight excluding hydrogens is 276 g/mol. The normalized spacial score (nSPS) is 17.9. The summed E-state index contributed by atoms with van der Waals surface area (Å²) >= 11 is 0. The van der Waals surface area contributed by atoms with Gasteiger partial charge in [0.1, 0.15) is 5.69 Å². The lowest BCUT2D eigenvalue weighted by Crippen LogP contribution is -2.42. The summed E-state index contributed by atoms with van der Waals surface area (Å²) in [6, 6.07) is 6.16. The topological polar surface area (TPSA) is 108 Å². The van der Waals surface area contributed by atoms with Crippen molar-refractivity contribution < 1.29 is 14.5 Å². The summed E-state index contributed by atoms with van der Waals surface area (Å²) in [7, 11) is 1.49. The van der Waals surface area contributed by atoms with Crippen molar-refractivity contribution in [1.29, 1.82) is 5.26 Å². The van der Waals surface area contributed by atoms with Gasteiger partial charge in [-0.15, -0.1) is 0 Å². The molecule has 8 nitrogen and oxygen atoms in total. The van der Waals surface area contributed by atoms with Gasteiger partial charge in [-0.05, 0) is 12.1 Å². The van der Waals surface area contributed by atoms with E-state index in [0.717, 1.165) is 0 Å². The average molecular weight is 290 g/mol. The number of hydrogen-bond acceptors (Lipinski definition) is 6. The molecule has 1 atom stereocenters. The van der Waals surface area contributed by atoms with Crippen molar-refractivity contribution in [2.45, 2.75) is 6.10 Å². The number of carbonyl (C=O) groups is 1. The number of hydrogen-bond donors (Lipinski definition) is 1. The molecule has 1 amide bonds. The van der Waals surface area contributed by atoms with Gasteiger partial charge < -0.3 is 15.0 Å². The zero-order valence-electron chi connectivity index (χ0n) is 11.4. The minimum Gasteiger partial charge on any atom is -0.360 e. The van der Waals surface area contributed by atoms with Gasteiger partial charge in [0, 0.05) is 25.2 Å². The van der Waals surface area contributed by atoms with Gasteiger partial charge in [0.2, 0.25) is 0 Å². The molecule has 2 rings (SSSR count). The monoisotopic (exact) mass is 290 g/mol. The highest BCUT2D eigenvalue weighted by atomic mass is 16.6. The molecule has 0 bridgehead atoms. The number of nitriles is 1. The van der Waals surface area contributed by atoms with Crippen molar-refractivity contribution in [2.24, 2.45) is 0 Å². The van der Waals surface area contributed by atoms with Gasteiger partial charge in [0.25, 0.3) is 11.6 Å². The molecule has 1 saturated heterocycles. The Balaban J connectivity index is 2.41. The van der Waals surface area contributed by atoms with Crippen LogP contribution in [0.25, 0.3) is 0 Å². The van der Waals surface area contributed by atoms with E-state index in [1.165, 1.54) is 25.2 Å². The highest BCUT2D eigenvalue weighted by Crippen LogP contribution is 2.30. The zero-order chi connectivity index (χ0) is 15.4. The summed E-state index contributed by atoms with van der Waals surface area (Å²) in [6.07, 6.45) is -0.637. The number of ether oxygens (including phenoxy) is 1. The van der Waals surface area contributed by atoms with Gasteiger partial charge in [-0.25, -0.2) is 0 Å². The van der Waals surface area contributed by atoms with Crippen LogP contribution in [0.15, 0.2) is 18.2 Å². The Kier molecular flexibility index (Phi) is 4.35. The van der Waals surface area contributed by atoms with Crippen LogP contribution in [0.3, 0.4) is 0 Å². The maximum absolute atomic E-state index is 11.7. The summed E-state index contributed by atoms with van der Waals surface area (Å²) < 4.78 is 5.23. The van der Waals surface area contributed by atoms with Crippen LogP contribution in [-0.4, -0.2) is 43.7 Å². The molecule has 1 heterocycles. The number of carbonyl (C=O) groups excluding carboxylic acids is 1. The summed E-state index contributed by atoms with van der Waals surface area (Å²) in [5, 5.41) is 22.5. The maximum atomic E-state index is 11.7. The third kappa shape index (κ3) is 3.09. The molecule has 1 fully saturated rings. The van der Waals surface area contributed by atoms with Crippen LogP contribution < -0.4 is 10.2 Å². The molecule has 110 valence electrons. The molecule has 1 aliphatic rings. The lowest BCUT2D eigenvalue weighted by atomic mass is 10.1. The molecule has 1 aromatic carbocycles. The van der Waals surface area contributed by atoms with Crippen LogP contribution in [0, 0.1) is 21.4 Å². The van der Waals surface area contributed by atoms with Gasteiger partial charge in [-0.3, -0.25) is 14.9 Å². The first kappa shape index (κ1) is 14.7. The standard InChI is InChI=1S/C13H14N4O4/c1-15-13(18)9-2-3-11(17(19)20)12(6-9)16-4-5-21-10(7-14)8-16/h2-3,6,10H,4-5,8H2,1H3,(H,15,18). The number of nitro benzene ring substituents is 1. The number of nitrogens with one attached hydrogen (secondary N) is 1. The molecule has 0 radical (unpaired) electrons. The van der Waals surface area contributed by atoms with Crippen molar-refractivity contribution in [1.82, 2.24) is 5.32 Å². The lowest BCUT2D eigenvalue weighted by Gasteiger charge is -2.31. The lowest BCUT2D eigenvalue weighted by molar-refractivity contribution is -0.384. The molecule has 0 saturated carbocycles. The Labute approximate surface area is 121 Å². The molecule has 1 unspecified atom stereocenters. The second-order valence-corrected chi connectivity index (χ2v) is 4.47. The minimum atomic E-state index is -0.637. The van der Waals surface area contributed by atoms with E-state index in [0.29, 0.717) is 24.4 Å². The number of rotatable bonds is 3. The molecule has 21 heavy (non-hydrogen) atoms. The van der Waals surface area contributed by atoms with Crippen LogP contribution in [0.5, 0.6) is 0 Å². The highest BCUT2D eigenvalue weighted by Gasteiger charge is 2.26. The second kappa shape index (κ2) is 6.19. The highest BCUT2D eigenvalue weighted by molar-refractivity contribution is 5.95. The van der Waals surface area contributed by atoms with E-state index in [-0.39, 0.29) is 18.1 Å². The summed E-state index contributed by atoms with van der Waals surface area (Å²) in [5.41, 5.74) is 0.559. The Morgan fingerprint density at radius 2 is 2.38 bits per heavy atom. The fraction of sp³-hybridized carbons (Fsp3) is 0.385. The summed E-state index contributed by atoms with van der Waals surface area (Å²) in [4.78, 5) is 24.0. The number of amides is 1. The minimum absolute atomic E-state index is 0.0961. The molecular formula is C13H14N4O4. The van der Waals surface area contributed by atoms with E-state index < -0.39 is 11.0 Å². The zero-order valence-corrected chi connectivity index (χ0v) is 11.4. The third-order valence-corrected chi connectivity index (χ3v) is 3.21. The molecule has 0 aromatic heterocycles. The quantitative estimate of drug-likeness (QED) is 0.647. The van der Waals surface area contributed by atoms with Gasteiger partial charge in [-0.1, -0.05) is 0 Å². The number of nitrogens with zero attached hydrogens (tertiary/aromatic N) is 3. The SMILES string of the molecule is CNC(=O)c1ccc([N+](=O)[O-])c(N2CCOC(C#N)C2)c1. The smallest absolute Gasteiger partial charge is 0.292 e. The van der Waals surface area contributed by atoms with Crippen molar-refractivity contribution in [3.05, 3.63) is 33.9 Å². The summed E-state index contributed by atoms with van der Waals surface area (Å²) in [5.74, 6) is -0.323. The van der Waals surface area contributed by atoms with Crippen molar-refractivity contribution in [2.75, 3.05) is 31.6 Å². The maximum Gasteiger partial charge on any atom is 0.292 e. The van der Waals surface area contributed by atoms with Crippen LogP contribution in [0.1, 0.15) is 10.4 Å². The number of morpholine rings is 1. The van der Waals surface area contributed by atoms with E-state index in [9.17, 15) is 14.9 Å². The van der Waals surface area contributed by atoms with Crippen molar-refractivity contribution in [3.63, 3.8) is 0 Å². The van der Waals surface area contributed by atoms with Gasteiger partial charge in [-0.2, -0.15) is 5.26 Å². The van der Waals surface area contributed by atoms with E-state index in [1.807, 2.05) is 6.07 Å². The Morgan fingerprint density at radius 3 is 3.00 bits per heavy atom. The van der Waals surface area contributed by atoms with Crippen LogP contribution in [-0.2, 0) is 4.74 Å².